The fourth-order valence-electron chi connectivity index (χ4n) is 2.74. The number of fused-ring (bicyclic) bond motifs is 2. The smallest absolute Gasteiger partial charge is 0.187 e. The Kier molecular flexibility index (Phi) is 1.50. The van der Waals surface area contributed by atoms with Gasteiger partial charge in [0.1, 0.15) is 0 Å². The summed E-state index contributed by atoms with van der Waals surface area (Å²) in [5.74, 6) is 0.132. The Balaban J connectivity index is 2.37. The van der Waals surface area contributed by atoms with Crippen LogP contribution in [0, 0.1) is 0 Å². The zero-order chi connectivity index (χ0) is 11.4. The van der Waals surface area contributed by atoms with Gasteiger partial charge in [-0.1, -0.05) is 42.5 Å². The molecule has 0 aromatic heterocycles. The first-order chi connectivity index (χ1) is 8.34. The third kappa shape index (κ3) is 1.03. The van der Waals surface area contributed by atoms with E-state index in [2.05, 4.69) is 18.2 Å². The van der Waals surface area contributed by atoms with Crippen molar-refractivity contribution in [1.82, 2.24) is 0 Å². The lowest BCUT2D eigenvalue weighted by molar-refractivity contribution is 0.394. The van der Waals surface area contributed by atoms with E-state index in [1.165, 1.54) is 0 Å². The van der Waals surface area contributed by atoms with E-state index < -0.39 is 0 Å². The molecule has 0 amide bonds. The molecule has 1 heteroatoms. The Morgan fingerprint density at radius 3 is 2.59 bits per heavy atom. The van der Waals surface area contributed by atoms with Gasteiger partial charge in [0, 0.05) is 10.9 Å². The maximum atomic E-state index is 12.1. The zero-order valence-corrected chi connectivity index (χ0v) is 9.10. The first-order valence-corrected chi connectivity index (χ1v) is 5.68. The summed E-state index contributed by atoms with van der Waals surface area (Å²) in [6.07, 6.45) is 1.74. The molecule has 79 valence electrons. The summed E-state index contributed by atoms with van der Waals surface area (Å²) in [6, 6.07) is 16.3. The van der Waals surface area contributed by atoms with Crippen LogP contribution in [0.4, 0.5) is 0 Å². The first kappa shape index (κ1) is 8.82. The molecule has 3 aromatic rings. The van der Waals surface area contributed by atoms with E-state index in [1.807, 2.05) is 30.3 Å². The second-order valence-corrected chi connectivity index (χ2v) is 4.43. The van der Waals surface area contributed by atoms with Gasteiger partial charge in [-0.25, -0.2) is 0 Å². The molecule has 1 aliphatic carbocycles. The average molecular weight is 217 g/mol. The zero-order valence-electron chi connectivity index (χ0n) is 9.10. The van der Waals surface area contributed by atoms with Crippen LogP contribution in [0.25, 0.3) is 33.4 Å². The molecule has 3 aromatic carbocycles. The molecular weight excluding hydrogens is 208 g/mol. The van der Waals surface area contributed by atoms with Gasteiger partial charge in [0.05, 0.1) is 0 Å². The summed E-state index contributed by atoms with van der Waals surface area (Å²) in [4.78, 5) is 0. The van der Waals surface area contributed by atoms with Gasteiger partial charge in [0.15, 0.2) is 5.76 Å². The molecule has 1 radical (unpaired) electrons. The van der Waals surface area contributed by atoms with Crippen LogP contribution in [0.1, 0.15) is 11.1 Å². The number of benzene rings is 3. The molecule has 0 saturated carbocycles. The Hall–Kier alpha value is -2.28. The second kappa shape index (κ2) is 2.89. The summed E-state index contributed by atoms with van der Waals surface area (Å²) >= 11 is 0. The number of hydrogen-bond acceptors (Lipinski definition) is 0. The van der Waals surface area contributed by atoms with Crippen molar-refractivity contribution in [2.75, 3.05) is 0 Å². The predicted octanol–water partition coefficient (Wildman–Crippen LogP) is 4.24. The fraction of sp³-hybridized carbons (Fsp3) is 0. The first-order valence-electron chi connectivity index (χ1n) is 5.68. The van der Waals surface area contributed by atoms with Gasteiger partial charge < -0.3 is 0 Å². The molecule has 0 fully saturated rings. The molecule has 0 aliphatic heterocycles. The van der Waals surface area contributed by atoms with Crippen molar-refractivity contribution in [1.29, 1.82) is 0 Å². The second-order valence-electron chi connectivity index (χ2n) is 4.43. The third-order valence-corrected chi connectivity index (χ3v) is 3.45. The van der Waals surface area contributed by atoms with Gasteiger partial charge in [-0.15, -0.1) is 0 Å². The highest BCUT2D eigenvalue weighted by Gasteiger charge is 2.19. The molecule has 1 aliphatic rings. The van der Waals surface area contributed by atoms with Crippen molar-refractivity contribution in [2.45, 2.75) is 0 Å². The largest absolute Gasteiger partial charge is 0.289 e. The standard InChI is InChI=1S/C16H9O/c17-14-9-12-6-3-5-11-8-10-4-1-2-7-13(10)16(14)15(11)12/h1-9H. The van der Waals surface area contributed by atoms with E-state index in [-0.39, 0.29) is 5.76 Å². The lowest BCUT2D eigenvalue weighted by Gasteiger charge is -2.06. The fourth-order valence-corrected chi connectivity index (χ4v) is 2.74. The minimum atomic E-state index is 0.132. The molecule has 0 saturated heterocycles. The van der Waals surface area contributed by atoms with Crippen LogP contribution in [0.3, 0.4) is 0 Å². The maximum absolute atomic E-state index is 12.1. The van der Waals surface area contributed by atoms with Crippen molar-refractivity contribution in [3.63, 3.8) is 0 Å². The Bertz CT molecular complexity index is 797. The summed E-state index contributed by atoms with van der Waals surface area (Å²) in [6.45, 7) is 0. The third-order valence-electron chi connectivity index (χ3n) is 3.45. The van der Waals surface area contributed by atoms with Gasteiger partial charge in [-0.3, -0.25) is 5.11 Å². The van der Waals surface area contributed by atoms with E-state index in [1.54, 1.807) is 6.08 Å². The molecule has 17 heavy (non-hydrogen) atoms. The van der Waals surface area contributed by atoms with Crippen LogP contribution >= 0.6 is 0 Å². The lowest BCUT2D eigenvalue weighted by Crippen LogP contribution is -1.84. The van der Waals surface area contributed by atoms with E-state index >= 15 is 0 Å². The van der Waals surface area contributed by atoms with Crippen LogP contribution in [-0.4, -0.2) is 0 Å². The van der Waals surface area contributed by atoms with E-state index in [0.29, 0.717) is 0 Å². The molecule has 0 heterocycles. The Labute approximate surface area is 98.6 Å². The molecule has 4 rings (SSSR count). The van der Waals surface area contributed by atoms with Gasteiger partial charge in [0.25, 0.3) is 0 Å². The molecule has 0 spiro atoms. The molecule has 0 unspecified atom stereocenters. The molecule has 0 N–H and O–H groups in total. The van der Waals surface area contributed by atoms with Crippen molar-refractivity contribution in [3.05, 3.63) is 59.7 Å². The predicted molar refractivity (Wildman–Crippen MR) is 70.0 cm³/mol. The van der Waals surface area contributed by atoms with Crippen molar-refractivity contribution < 1.29 is 5.11 Å². The van der Waals surface area contributed by atoms with Crippen LogP contribution in [0.15, 0.2) is 48.5 Å². The van der Waals surface area contributed by atoms with E-state index in [4.69, 9.17) is 0 Å². The van der Waals surface area contributed by atoms with Gasteiger partial charge >= 0.3 is 0 Å². The molecular formula is C16H9O. The summed E-state index contributed by atoms with van der Waals surface area (Å²) in [5, 5.41) is 16.6. The van der Waals surface area contributed by atoms with Crippen LogP contribution in [0.5, 0.6) is 0 Å². The minimum absolute atomic E-state index is 0.132. The summed E-state index contributed by atoms with van der Waals surface area (Å²) in [7, 11) is 0. The van der Waals surface area contributed by atoms with Gasteiger partial charge in [-0.05, 0) is 33.9 Å². The average Bonchev–Trinajstić information content (AvgIpc) is 2.69. The Morgan fingerprint density at radius 2 is 1.65 bits per heavy atom. The normalized spacial score (nSPS) is 13.3. The Morgan fingerprint density at radius 1 is 0.824 bits per heavy atom. The minimum Gasteiger partial charge on any atom is -0.289 e. The quantitative estimate of drug-likeness (QED) is 0.502. The number of rotatable bonds is 0. The van der Waals surface area contributed by atoms with Gasteiger partial charge in [-0.2, -0.15) is 0 Å². The van der Waals surface area contributed by atoms with Crippen molar-refractivity contribution in [3.8, 4) is 0 Å². The van der Waals surface area contributed by atoms with Crippen LogP contribution < -0.4 is 0 Å². The lowest BCUT2D eigenvalue weighted by atomic mass is 9.97. The topological polar surface area (TPSA) is 19.9 Å². The summed E-state index contributed by atoms with van der Waals surface area (Å²) in [5.41, 5.74) is 1.92. The number of hydrogen-bond donors (Lipinski definition) is 0. The monoisotopic (exact) mass is 217 g/mol. The van der Waals surface area contributed by atoms with E-state index in [0.717, 1.165) is 32.7 Å². The summed E-state index contributed by atoms with van der Waals surface area (Å²) < 4.78 is 0. The van der Waals surface area contributed by atoms with Crippen LogP contribution in [-0.2, 0) is 5.11 Å². The van der Waals surface area contributed by atoms with E-state index in [9.17, 15) is 5.11 Å². The highest BCUT2D eigenvalue weighted by Crippen LogP contribution is 2.40. The molecule has 0 bridgehead atoms. The van der Waals surface area contributed by atoms with Crippen molar-refractivity contribution in [2.24, 2.45) is 0 Å². The van der Waals surface area contributed by atoms with Gasteiger partial charge in [0.2, 0.25) is 0 Å². The molecule has 0 atom stereocenters. The SMILES string of the molecule is [O]C1=Cc2cccc3cc4ccccc4c1c23. The van der Waals surface area contributed by atoms with Crippen molar-refractivity contribution >= 4 is 33.4 Å². The highest BCUT2D eigenvalue weighted by atomic mass is 16.3. The molecule has 1 nitrogen and oxygen atoms in total. The highest BCUT2D eigenvalue weighted by molar-refractivity contribution is 6.16. The maximum Gasteiger partial charge on any atom is 0.187 e. The van der Waals surface area contributed by atoms with Crippen LogP contribution in [0.2, 0.25) is 0 Å².